The molecule has 1 fully saturated rings. The molecule has 0 bridgehead atoms. The molecule has 2 aliphatic rings. The zero-order chi connectivity index (χ0) is 13.3. The first-order chi connectivity index (χ1) is 8.39. The molecule has 2 rings (SSSR count). The number of fused-ring (bicyclic) bond motifs is 1. The van der Waals surface area contributed by atoms with Crippen molar-refractivity contribution >= 4 is 17.9 Å². The van der Waals surface area contributed by atoms with Gasteiger partial charge >= 0.3 is 6.09 Å². The third kappa shape index (κ3) is 3.20. The largest absolute Gasteiger partial charge is 0.444 e. The van der Waals surface area contributed by atoms with Gasteiger partial charge in [0.05, 0.1) is 0 Å². The number of amides is 1. The number of ether oxygens (including phenoxy) is 1. The Kier molecular flexibility index (Phi) is 3.92. The van der Waals surface area contributed by atoms with Gasteiger partial charge in [0.2, 0.25) is 0 Å². The summed E-state index contributed by atoms with van der Waals surface area (Å²) in [7, 11) is 0. The van der Waals surface area contributed by atoms with Gasteiger partial charge in [-0.05, 0) is 32.1 Å². The highest BCUT2D eigenvalue weighted by Crippen LogP contribution is 2.40. The molecule has 0 aliphatic carbocycles. The molecule has 2 N–H and O–H groups in total. The van der Waals surface area contributed by atoms with E-state index in [-0.39, 0.29) is 6.09 Å². The van der Waals surface area contributed by atoms with Crippen molar-refractivity contribution < 1.29 is 9.53 Å². The van der Waals surface area contributed by atoms with Gasteiger partial charge in [0.25, 0.3) is 0 Å². The Balaban J connectivity index is 1.94. The van der Waals surface area contributed by atoms with E-state index in [1.165, 1.54) is 4.91 Å². The molecule has 2 heterocycles. The number of thioether (sulfide) groups is 1. The van der Waals surface area contributed by atoms with Crippen LogP contribution in [0.25, 0.3) is 0 Å². The highest BCUT2D eigenvalue weighted by Gasteiger charge is 2.36. The Labute approximate surface area is 113 Å². The molecular weight excluding hydrogens is 248 g/mol. The maximum absolute atomic E-state index is 12.0. The quantitative estimate of drug-likeness (QED) is 0.793. The van der Waals surface area contributed by atoms with Gasteiger partial charge in [0.15, 0.2) is 0 Å². The zero-order valence-electron chi connectivity index (χ0n) is 11.3. The summed E-state index contributed by atoms with van der Waals surface area (Å²) in [6.45, 7) is 7.86. The first kappa shape index (κ1) is 13.7. The monoisotopic (exact) mass is 270 g/mol. The van der Waals surface area contributed by atoms with Gasteiger partial charge in [-0.1, -0.05) is 6.08 Å². The van der Waals surface area contributed by atoms with Crippen LogP contribution in [0.1, 0.15) is 27.2 Å². The smallest absolute Gasteiger partial charge is 0.410 e. The molecule has 0 aromatic carbocycles. The summed E-state index contributed by atoms with van der Waals surface area (Å²) < 4.78 is 5.41. The van der Waals surface area contributed by atoms with Gasteiger partial charge < -0.3 is 15.4 Å². The molecule has 102 valence electrons. The lowest BCUT2D eigenvalue weighted by atomic mass is 9.97. The highest BCUT2D eigenvalue weighted by atomic mass is 32.2. The second-order valence-corrected chi connectivity index (χ2v) is 7.24. The lowest BCUT2D eigenvalue weighted by molar-refractivity contribution is 0.0193. The lowest BCUT2D eigenvalue weighted by Crippen LogP contribution is -2.45. The van der Waals surface area contributed by atoms with Crippen molar-refractivity contribution in [1.82, 2.24) is 4.90 Å². The minimum absolute atomic E-state index is 0.194. The predicted molar refractivity (Wildman–Crippen MR) is 74.4 cm³/mol. The van der Waals surface area contributed by atoms with Crippen molar-refractivity contribution in [3.63, 3.8) is 0 Å². The summed E-state index contributed by atoms with van der Waals surface area (Å²) in [6, 6.07) is 0. The summed E-state index contributed by atoms with van der Waals surface area (Å²) in [5.74, 6) is 0.440. The fraction of sp³-hybridized carbons (Fsp3) is 0.769. The second kappa shape index (κ2) is 5.13. The second-order valence-electron chi connectivity index (χ2n) is 5.87. The van der Waals surface area contributed by atoms with Gasteiger partial charge in [-0.15, -0.1) is 11.8 Å². The molecule has 2 aliphatic heterocycles. The number of likely N-dealkylation sites (tertiary alicyclic amines) is 1. The molecule has 1 amide bonds. The highest BCUT2D eigenvalue weighted by molar-refractivity contribution is 8.04. The molecule has 0 aromatic rings. The van der Waals surface area contributed by atoms with Crippen LogP contribution < -0.4 is 5.73 Å². The van der Waals surface area contributed by atoms with Crippen molar-refractivity contribution in [3.8, 4) is 0 Å². The Hall–Kier alpha value is -0.680. The first-order valence-electron chi connectivity index (χ1n) is 6.44. The lowest BCUT2D eigenvalue weighted by Gasteiger charge is -2.35. The third-order valence-corrected chi connectivity index (χ3v) is 4.64. The van der Waals surface area contributed by atoms with Crippen LogP contribution in [0.15, 0.2) is 11.0 Å². The molecule has 2 atom stereocenters. The molecular formula is C13H22N2O2S. The fourth-order valence-corrected chi connectivity index (χ4v) is 3.65. The number of piperidine rings is 1. The average Bonchev–Trinajstić information content (AvgIpc) is 2.68. The fourth-order valence-electron chi connectivity index (χ4n) is 2.35. The van der Waals surface area contributed by atoms with Crippen molar-refractivity contribution in [3.05, 3.63) is 11.0 Å². The van der Waals surface area contributed by atoms with E-state index in [1.54, 1.807) is 0 Å². The number of hydrogen-bond donors (Lipinski definition) is 1. The molecule has 2 unspecified atom stereocenters. The normalized spacial score (nSPS) is 27.8. The van der Waals surface area contributed by atoms with Gasteiger partial charge in [-0.2, -0.15) is 0 Å². The van der Waals surface area contributed by atoms with Crippen LogP contribution in [0.2, 0.25) is 0 Å². The Morgan fingerprint density at radius 3 is 2.94 bits per heavy atom. The number of carbonyl (C=O) groups is 1. The van der Waals surface area contributed by atoms with Gasteiger partial charge in [0.1, 0.15) is 5.60 Å². The summed E-state index contributed by atoms with van der Waals surface area (Å²) in [4.78, 5) is 15.1. The standard InChI is InChI=1S/C13H22N2O2S/c1-13(2,3)17-12(16)15-5-4-11-9(8-15)6-10(7-14)18-11/h6,9,11H,4-5,7-8,14H2,1-3H3. The molecule has 5 heteroatoms. The first-order valence-corrected chi connectivity index (χ1v) is 7.32. The molecule has 0 radical (unpaired) electrons. The van der Waals surface area contributed by atoms with E-state index in [9.17, 15) is 4.79 Å². The van der Waals surface area contributed by atoms with Crippen LogP contribution >= 0.6 is 11.8 Å². The van der Waals surface area contributed by atoms with E-state index >= 15 is 0 Å². The van der Waals surface area contributed by atoms with E-state index in [0.29, 0.717) is 17.7 Å². The van der Waals surface area contributed by atoms with Crippen molar-refractivity contribution in [1.29, 1.82) is 0 Å². The average molecular weight is 270 g/mol. The van der Waals surface area contributed by atoms with E-state index in [4.69, 9.17) is 10.5 Å². The molecule has 18 heavy (non-hydrogen) atoms. The van der Waals surface area contributed by atoms with Crippen LogP contribution in [0.4, 0.5) is 4.79 Å². The Morgan fingerprint density at radius 2 is 2.33 bits per heavy atom. The summed E-state index contributed by atoms with van der Waals surface area (Å²) >= 11 is 1.88. The maximum atomic E-state index is 12.0. The number of carbonyl (C=O) groups excluding carboxylic acids is 1. The Bertz CT molecular complexity index is 362. The van der Waals surface area contributed by atoms with Crippen molar-refractivity contribution in [2.45, 2.75) is 38.0 Å². The summed E-state index contributed by atoms with van der Waals surface area (Å²) in [5.41, 5.74) is 5.25. The van der Waals surface area contributed by atoms with Crippen LogP contribution in [0.3, 0.4) is 0 Å². The molecule has 0 aromatic heterocycles. The number of nitrogens with two attached hydrogens (primary N) is 1. The molecule has 1 saturated heterocycles. The minimum atomic E-state index is -0.420. The van der Waals surface area contributed by atoms with Gasteiger partial charge in [-0.3, -0.25) is 0 Å². The van der Waals surface area contributed by atoms with E-state index in [1.807, 2.05) is 37.4 Å². The Morgan fingerprint density at radius 1 is 1.61 bits per heavy atom. The molecule has 4 nitrogen and oxygen atoms in total. The van der Waals surface area contributed by atoms with Gasteiger partial charge in [0, 0.05) is 30.8 Å². The summed E-state index contributed by atoms with van der Waals surface area (Å²) in [6.07, 6.45) is 3.06. The summed E-state index contributed by atoms with van der Waals surface area (Å²) in [5, 5.41) is 0.599. The predicted octanol–water partition coefficient (Wildman–Crippen LogP) is 2.20. The number of nitrogens with zero attached hydrogens (tertiary/aromatic N) is 1. The maximum Gasteiger partial charge on any atom is 0.410 e. The van der Waals surface area contributed by atoms with Crippen molar-refractivity contribution in [2.75, 3.05) is 19.6 Å². The molecule has 0 saturated carbocycles. The van der Waals surface area contributed by atoms with E-state index < -0.39 is 5.60 Å². The third-order valence-electron chi connectivity index (χ3n) is 3.15. The van der Waals surface area contributed by atoms with Crippen LogP contribution in [-0.2, 0) is 4.74 Å². The van der Waals surface area contributed by atoms with Crippen LogP contribution in [0.5, 0.6) is 0 Å². The van der Waals surface area contributed by atoms with Crippen molar-refractivity contribution in [2.24, 2.45) is 11.7 Å². The number of hydrogen-bond acceptors (Lipinski definition) is 4. The van der Waals surface area contributed by atoms with Crippen LogP contribution in [-0.4, -0.2) is 41.5 Å². The van der Waals surface area contributed by atoms with Gasteiger partial charge in [-0.25, -0.2) is 4.79 Å². The molecule has 0 spiro atoms. The minimum Gasteiger partial charge on any atom is -0.444 e. The number of rotatable bonds is 1. The SMILES string of the molecule is CC(C)(C)OC(=O)N1CCC2SC(CN)=CC2C1. The van der Waals surface area contributed by atoms with E-state index in [2.05, 4.69) is 6.08 Å². The zero-order valence-corrected chi connectivity index (χ0v) is 12.1. The topological polar surface area (TPSA) is 55.6 Å². The van der Waals surface area contributed by atoms with E-state index in [0.717, 1.165) is 19.5 Å². The van der Waals surface area contributed by atoms with Crippen LogP contribution in [0, 0.1) is 5.92 Å².